The number of hydrogen-bond donors (Lipinski definition) is 1. The molecule has 1 N–H and O–H groups in total. The van der Waals surface area contributed by atoms with Gasteiger partial charge in [-0.3, -0.25) is 14.8 Å². The molecular weight excluding hydrogens is 825 g/mol. The second-order valence-corrected chi connectivity index (χ2v) is 16.8. The zero-order chi connectivity index (χ0) is 36.9. The maximum Gasteiger partial charge on any atom is 0.164 e. The Balaban J connectivity index is 0.000000335. The first-order valence-corrected chi connectivity index (χ1v) is 19.2. The number of nitrogens with zero attached hydrogens (tertiary/aromatic N) is 2. The number of fused-ring (bicyclic) bond motifs is 2. The van der Waals surface area contributed by atoms with Crippen molar-refractivity contribution in [3.05, 3.63) is 96.0 Å². The molecule has 0 aliphatic carbocycles. The molecule has 0 aliphatic rings. The molecule has 6 heteroatoms. The van der Waals surface area contributed by atoms with Gasteiger partial charge in [0, 0.05) is 60.0 Å². The Bertz CT molecular complexity index is 1960. The SMILES string of the molecule is CC(C)Cc1cnc2cc(-c3ccnc(-c4[c-]c5ccccc5c(C(C)(C)C)c4)c3)sc2c1.CCC(C)(CC)C(=O)/C=C(\O)C(C)(CC)CC.[Ir]. The van der Waals surface area contributed by atoms with Crippen molar-refractivity contribution >= 4 is 38.1 Å². The van der Waals surface area contributed by atoms with Gasteiger partial charge < -0.3 is 5.11 Å². The minimum absolute atomic E-state index is 0. The molecule has 51 heavy (non-hydrogen) atoms. The second kappa shape index (κ2) is 17.6. The maximum absolute atomic E-state index is 12.2. The van der Waals surface area contributed by atoms with Crippen LogP contribution in [0.5, 0.6) is 0 Å². The first kappa shape index (κ1) is 42.2. The number of rotatable bonds is 11. The third-order valence-corrected chi connectivity index (χ3v) is 11.7. The molecule has 0 bridgehead atoms. The summed E-state index contributed by atoms with van der Waals surface area (Å²) in [5.41, 5.74) is 6.29. The van der Waals surface area contributed by atoms with E-state index in [0.29, 0.717) is 5.92 Å². The maximum atomic E-state index is 12.2. The summed E-state index contributed by atoms with van der Waals surface area (Å²) in [6.45, 7) is 23.4. The van der Waals surface area contributed by atoms with Gasteiger partial charge in [0.1, 0.15) is 5.76 Å². The Hall–Kier alpha value is -3.18. The van der Waals surface area contributed by atoms with Crippen LogP contribution in [0.1, 0.15) is 113 Å². The van der Waals surface area contributed by atoms with Gasteiger partial charge >= 0.3 is 0 Å². The number of aromatic nitrogens is 2. The topological polar surface area (TPSA) is 63.1 Å². The largest absolute Gasteiger partial charge is 0.512 e. The molecule has 0 spiro atoms. The normalized spacial score (nSPS) is 12.5. The van der Waals surface area contributed by atoms with Gasteiger partial charge in [-0.15, -0.1) is 40.5 Å². The monoisotopic (exact) mass is 882 g/mol. The van der Waals surface area contributed by atoms with Crippen LogP contribution in [0, 0.1) is 22.8 Å². The van der Waals surface area contributed by atoms with Crippen LogP contribution in [-0.2, 0) is 36.7 Å². The standard InChI is InChI=1S/C30H29N2S.C15H28O2.Ir/c1-19(2)12-20-13-29-27(32-18-20)17-28(33-29)22-10-11-31-26(16-22)23-14-21-8-6-7-9-24(21)25(15-23)30(3,4)5;1-7-14(5,8-2)12(16)11-13(17)15(6,9-3)10-4;/h6-11,13,15-19H,12H2,1-5H3;11,16H,7-10H2,1-6H3;/q-1;;/b;12-11-;. The van der Waals surface area contributed by atoms with E-state index in [4.69, 9.17) is 9.97 Å². The van der Waals surface area contributed by atoms with Crippen molar-refractivity contribution in [2.75, 3.05) is 0 Å². The van der Waals surface area contributed by atoms with Gasteiger partial charge in [-0.25, -0.2) is 0 Å². The summed E-state index contributed by atoms with van der Waals surface area (Å²) >= 11 is 1.81. The van der Waals surface area contributed by atoms with Gasteiger partial charge in [-0.05, 0) is 72.8 Å². The zero-order valence-electron chi connectivity index (χ0n) is 32.5. The quantitative estimate of drug-likeness (QED) is 0.0815. The molecule has 0 atom stereocenters. The molecule has 4 nitrogen and oxygen atoms in total. The van der Waals surface area contributed by atoms with E-state index in [0.717, 1.165) is 54.3 Å². The van der Waals surface area contributed by atoms with Crippen molar-refractivity contribution in [2.24, 2.45) is 16.7 Å². The van der Waals surface area contributed by atoms with E-state index in [1.54, 1.807) is 11.3 Å². The fourth-order valence-electron chi connectivity index (χ4n) is 6.09. The molecule has 2 aromatic carbocycles. The molecule has 275 valence electrons. The van der Waals surface area contributed by atoms with Gasteiger partial charge in [0.05, 0.1) is 10.2 Å². The fraction of sp³-hybridized carbons (Fsp3) is 0.444. The molecular formula is C45H57IrN2O2S-. The third-order valence-electron chi connectivity index (χ3n) is 10.6. The van der Waals surface area contributed by atoms with Crippen molar-refractivity contribution in [1.82, 2.24) is 9.97 Å². The van der Waals surface area contributed by atoms with Crippen molar-refractivity contribution in [2.45, 2.75) is 114 Å². The van der Waals surface area contributed by atoms with E-state index in [-0.39, 0.29) is 47.9 Å². The number of ketones is 1. The molecule has 3 heterocycles. The van der Waals surface area contributed by atoms with Crippen LogP contribution < -0.4 is 0 Å². The molecule has 0 saturated carbocycles. The summed E-state index contributed by atoms with van der Waals surface area (Å²) in [6.07, 6.45) is 9.75. The molecule has 5 rings (SSSR count). The van der Waals surface area contributed by atoms with Crippen LogP contribution >= 0.6 is 11.3 Å². The summed E-state index contributed by atoms with van der Waals surface area (Å²) in [7, 11) is 0. The van der Waals surface area contributed by atoms with Crippen LogP contribution in [0.2, 0.25) is 0 Å². The van der Waals surface area contributed by atoms with Gasteiger partial charge in [-0.2, -0.15) is 0 Å². The Labute approximate surface area is 324 Å². The fourth-order valence-corrected chi connectivity index (χ4v) is 7.17. The smallest absolute Gasteiger partial charge is 0.164 e. The third kappa shape index (κ3) is 10.0. The van der Waals surface area contributed by atoms with E-state index in [9.17, 15) is 9.90 Å². The van der Waals surface area contributed by atoms with Crippen LogP contribution in [-0.4, -0.2) is 20.9 Å². The van der Waals surface area contributed by atoms with Gasteiger partial charge in [0.15, 0.2) is 5.78 Å². The number of carbonyl (C=O) groups excluding carboxylic acids is 1. The van der Waals surface area contributed by atoms with E-state index >= 15 is 0 Å². The van der Waals surface area contributed by atoms with Crippen LogP contribution in [0.15, 0.2) is 78.8 Å². The molecule has 1 radical (unpaired) electrons. The van der Waals surface area contributed by atoms with Crippen molar-refractivity contribution in [3.8, 4) is 21.7 Å². The first-order valence-electron chi connectivity index (χ1n) is 18.3. The summed E-state index contributed by atoms with van der Waals surface area (Å²) < 4.78 is 1.24. The van der Waals surface area contributed by atoms with Gasteiger partial charge in [0.2, 0.25) is 0 Å². The first-order chi connectivity index (χ1) is 23.6. The number of hydrogen-bond acceptors (Lipinski definition) is 5. The van der Waals surface area contributed by atoms with Crippen LogP contribution in [0.3, 0.4) is 0 Å². The van der Waals surface area contributed by atoms with E-state index in [1.165, 1.54) is 37.7 Å². The Morgan fingerprint density at radius 3 is 2.14 bits per heavy atom. The molecule has 0 amide bonds. The second-order valence-electron chi connectivity index (χ2n) is 15.7. The Morgan fingerprint density at radius 2 is 1.53 bits per heavy atom. The number of thiophene rings is 1. The summed E-state index contributed by atoms with van der Waals surface area (Å²) in [5, 5.41) is 12.5. The minimum atomic E-state index is -0.337. The predicted octanol–water partition coefficient (Wildman–Crippen LogP) is 13.1. The average molecular weight is 882 g/mol. The minimum Gasteiger partial charge on any atom is -0.512 e. The van der Waals surface area contributed by atoms with Crippen LogP contribution in [0.4, 0.5) is 0 Å². The number of aliphatic hydroxyl groups is 1. The molecule has 0 aliphatic heterocycles. The summed E-state index contributed by atoms with van der Waals surface area (Å²) in [6, 6.07) is 23.2. The van der Waals surface area contributed by atoms with Gasteiger partial charge in [-0.1, -0.05) is 111 Å². The number of pyridine rings is 2. The number of aliphatic hydroxyl groups excluding tert-OH is 1. The van der Waals surface area contributed by atoms with Crippen molar-refractivity contribution in [3.63, 3.8) is 0 Å². The van der Waals surface area contributed by atoms with Crippen LogP contribution in [0.25, 0.3) is 42.7 Å². The Kier molecular flexibility index (Phi) is 14.5. The number of allylic oxidation sites excluding steroid dienone is 2. The van der Waals surface area contributed by atoms with Gasteiger partial charge in [0.25, 0.3) is 0 Å². The molecule has 3 aromatic heterocycles. The Morgan fingerprint density at radius 1 is 0.882 bits per heavy atom. The predicted molar refractivity (Wildman–Crippen MR) is 215 cm³/mol. The van der Waals surface area contributed by atoms with E-state index < -0.39 is 0 Å². The summed E-state index contributed by atoms with van der Waals surface area (Å²) in [5.74, 6) is 0.913. The van der Waals surface area contributed by atoms with Crippen molar-refractivity contribution < 1.29 is 30.0 Å². The molecule has 5 aromatic rings. The molecule has 0 fully saturated rings. The number of carbonyl (C=O) groups is 1. The number of benzene rings is 2. The summed E-state index contributed by atoms with van der Waals surface area (Å²) in [4.78, 5) is 22.8. The van der Waals surface area contributed by atoms with E-state index in [2.05, 4.69) is 95.3 Å². The molecule has 0 saturated heterocycles. The molecule has 0 unspecified atom stereocenters. The van der Waals surface area contributed by atoms with Crippen molar-refractivity contribution in [1.29, 1.82) is 0 Å². The van der Waals surface area contributed by atoms with E-state index in [1.807, 2.05) is 53.9 Å². The average Bonchev–Trinajstić information content (AvgIpc) is 3.53. The zero-order valence-corrected chi connectivity index (χ0v) is 35.7.